The molecule has 0 saturated heterocycles. The SMILES string of the molecule is NCCCCC(=O)Nc1ccc(F)c(C(N)=O)c1. The van der Waals surface area contributed by atoms with Crippen molar-refractivity contribution in [2.75, 3.05) is 11.9 Å². The van der Waals surface area contributed by atoms with Gasteiger partial charge in [-0.3, -0.25) is 9.59 Å². The summed E-state index contributed by atoms with van der Waals surface area (Å²) in [5.41, 5.74) is 10.4. The van der Waals surface area contributed by atoms with E-state index in [2.05, 4.69) is 5.32 Å². The van der Waals surface area contributed by atoms with E-state index in [1.165, 1.54) is 12.1 Å². The van der Waals surface area contributed by atoms with E-state index < -0.39 is 11.7 Å². The second-order valence-electron chi connectivity index (χ2n) is 3.85. The summed E-state index contributed by atoms with van der Waals surface area (Å²) in [5, 5.41) is 2.57. The van der Waals surface area contributed by atoms with Crippen molar-refractivity contribution in [3.63, 3.8) is 0 Å². The first kappa shape index (κ1) is 14.1. The van der Waals surface area contributed by atoms with E-state index in [0.29, 0.717) is 25.1 Å². The van der Waals surface area contributed by atoms with Crippen LogP contribution in [0.3, 0.4) is 0 Å². The summed E-state index contributed by atoms with van der Waals surface area (Å²) in [4.78, 5) is 22.4. The maximum Gasteiger partial charge on any atom is 0.251 e. The molecule has 1 aromatic rings. The highest BCUT2D eigenvalue weighted by Gasteiger charge is 2.10. The molecule has 0 aliphatic rings. The number of halogens is 1. The first-order chi connectivity index (χ1) is 8.54. The maximum atomic E-state index is 13.2. The zero-order valence-corrected chi connectivity index (χ0v) is 9.91. The van der Waals surface area contributed by atoms with E-state index in [9.17, 15) is 14.0 Å². The van der Waals surface area contributed by atoms with Gasteiger partial charge in [0, 0.05) is 12.1 Å². The van der Waals surface area contributed by atoms with Gasteiger partial charge in [0.05, 0.1) is 5.56 Å². The third kappa shape index (κ3) is 4.14. The van der Waals surface area contributed by atoms with Crippen LogP contribution in [0.1, 0.15) is 29.6 Å². The molecule has 0 aliphatic heterocycles. The number of unbranched alkanes of at least 4 members (excludes halogenated alkanes) is 1. The third-order valence-corrected chi connectivity index (χ3v) is 2.37. The lowest BCUT2D eigenvalue weighted by Gasteiger charge is -2.06. The predicted molar refractivity (Wildman–Crippen MR) is 66.5 cm³/mol. The van der Waals surface area contributed by atoms with Crippen molar-refractivity contribution in [2.45, 2.75) is 19.3 Å². The Balaban J connectivity index is 2.65. The number of rotatable bonds is 6. The fourth-order valence-electron chi connectivity index (χ4n) is 1.45. The van der Waals surface area contributed by atoms with Gasteiger partial charge >= 0.3 is 0 Å². The zero-order chi connectivity index (χ0) is 13.5. The Labute approximate surface area is 104 Å². The molecule has 1 aromatic carbocycles. The average Bonchev–Trinajstić information content (AvgIpc) is 2.31. The number of carbonyl (C=O) groups is 2. The van der Waals surface area contributed by atoms with Gasteiger partial charge in [-0.05, 0) is 37.6 Å². The Morgan fingerprint density at radius 3 is 2.61 bits per heavy atom. The van der Waals surface area contributed by atoms with Crippen molar-refractivity contribution in [1.29, 1.82) is 0 Å². The number of benzene rings is 1. The van der Waals surface area contributed by atoms with Crippen molar-refractivity contribution in [3.05, 3.63) is 29.6 Å². The molecule has 18 heavy (non-hydrogen) atoms. The number of nitrogens with one attached hydrogen (secondary N) is 1. The highest BCUT2D eigenvalue weighted by molar-refractivity contribution is 5.96. The van der Waals surface area contributed by atoms with Crippen LogP contribution in [0.2, 0.25) is 0 Å². The number of hydrogen-bond acceptors (Lipinski definition) is 3. The number of carbonyl (C=O) groups excluding carboxylic acids is 2. The quantitative estimate of drug-likeness (QED) is 0.659. The lowest BCUT2D eigenvalue weighted by atomic mass is 10.1. The zero-order valence-electron chi connectivity index (χ0n) is 9.91. The van der Waals surface area contributed by atoms with Gasteiger partial charge in [0.15, 0.2) is 0 Å². The van der Waals surface area contributed by atoms with Gasteiger partial charge in [0.2, 0.25) is 5.91 Å². The molecule has 0 atom stereocenters. The minimum absolute atomic E-state index is 0.203. The van der Waals surface area contributed by atoms with Gasteiger partial charge in [-0.2, -0.15) is 0 Å². The van der Waals surface area contributed by atoms with Crippen LogP contribution in [0, 0.1) is 5.82 Å². The standard InChI is InChI=1S/C12H16FN3O2/c13-10-5-4-8(7-9(10)12(15)18)16-11(17)3-1-2-6-14/h4-5,7H,1-3,6,14H2,(H2,15,18)(H,16,17). The Morgan fingerprint density at radius 2 is 2.00 bits per heavy atom. The predicted octanol–water partition coefficient (Wildman–Crippen LogP) is 0.992. The minimum Gasteiger partial charge on any atom is -0.366 e. The lowest BCUT2D eigenvalue weighted by molar-refractivity contribution is -0.116. The highest BCUT2D eigenvalue weighted by atomic mass is 19.1. The van der Waals surface area contributed by atoms with Crippen LogP contribution in [0.25, 0.3) is 0 Å². The van der Waals surface area contributed by atoms with Crippen LogP contribution in [0.5, 0.6) is 0 Å². The van der Waals surface area contributed by atoms with E-state index in [1.807, 2.05) is 0 Å². The van der Waals surface area contributed by atoms with Gasteiger partial charge in [0.1, 0.15) is 5.82 Å². The maximum absolute atomic E-state index is 13.2. The number of nitrogens with two attached hydrogens (primary N) is 2. The molecule has 2 amide bonds. The van der Waals surface area contributed by atoms with Crippen molar-refractivity contribution in [2.24, 2.45) is 11.5 Å². The van der Waals surface area contributed by atoms with Gasteiger partial charge in [-0.25, -0.2) is 4.39 Å². The molecule has 5 nitrogen and oxygen atoms in total. The number of hydrogen-bond donors (Lipinski definition) is 3. The Morgan fingerprint density at radius 1 is 1.28 bits per heavy atom. The average molecular weight is 253 g/mol. The summed E-state index contributed by atoms with van der Waals surface area (Å²) in [6.45, 7) is 0.537. The van der Waals surface area contributed by atoms with E-state index in [4.69, 9.17) is 11.5 Å². The van der Waals surface area contributed by atoms with Crippen LogP contribution < -0.4 is 16.8 Å². The number of primary amides is 1. The molecular formula is C12H16FN3O2. The molecule has 98 valence electrons. The van der Waals surface area contributed by atoms with Crippen LogP contribution in [0.15, 0.2) is 18.2 Å². The summed E-state index contributed by atoms with van der Waals surface area (Å²) < 4.78 is 13.2. The lowest BCUT2D eigenvalue weighted by Crippen LogP contribution is -2.16. The summed E-state index contributed by atoms with van der Waals surface area (Å²) in [5.74, 6) is -1.78. The highest BCUT2D eigenvalue weighted by Crippen LogP contribution is 2.14. The molecule has 0 radical (unpaired) electrons. The normalized spacial score (nSPS) is 10.1. The van der Waals surface area contributed by atoms with Crippen molar-refractivity contribution in [1.82, 2.24) is 0 Å². The molecule has 6 heteroatoms. The van der Waals surface area contributed by atoms with Gasteiger partial charge in [0.25, 0.3) is 5.91 Å². The second-order valence-corrected chi connectivity index (χ2v) is 3.85. The number of amides is 2. The van der Waals surface area contributed by atoms with E-state index in [-0.39, 0.29) is 11.5 Å². The molecule has 0 aromatic heterocycles. The molecule has 0 aliphatic carbocycles. The molecule has 0 heterocycles. The summed E-state index contributed by atoms with van der Waals surface area (Å²) in [6.07, 6.45) is 1.79. The summed E-state index contributed by atoms with van der Waals surface area (Å²) >= 11 is 0. The van der Waals surface area contributed by atoms with Crippen LogP contribution in [0.4, 0.5) is 10.1 Å². The van der Waals surface area contributed by atoms with Gasteiger partial charge < -0.3 is 16.8 Å². The van der Waals surface area contributed by atoms with Gasteiger partial charge in [-0.15, -0.1) is 0 Å². The molecule has 0 bridgehead atoms. The van der Waals surface area contributed by atoms with Crippen molar-refractivity contribution >= 4 is 17.5 Å². The molecule has 0 fully saturated rings. The topological polar surface area (TPSA) is 98.2 Å². The van der Waals surface area contributed by atoms with Crippen LogP contribution in [-0.4, -0.2) is 18.4 Å². The monoisotopic (exact) mass is 253 g/mol. The van der Waals surface area contributed by atoms with Crippen molar-refractivity contribution in [3.8, 4) is 0 Å². The number of anilines is 1. The first-order valence-corrected chi connectivity index (χ1v) is 5.64. The molecule has 1 rings (SSSR count). The van der Waals surface area contributed by atoms with Gasteiger partial charge in [-0.1, -0.05) is 0 Å². The fourth-order valence-corrected chi connectivity index (χ4v) is 1.45. The Kier molecular flexibility index (Phi) is 5.26. The molecule has 0 saturated carbocycles. The smallest absolute Gasteiger partial charge is 0.251 e. The summed E-state index contributed by atoms with van der Waals surface area (Å²) in [6, 6.07) is 3.69. The van der Waals surface area contributed by atoms with Crippen LogP contribution >= 0.6 is 0 Å². The summed E-state index contributed by atoms with van der Waals surface area (Å²) in [7, 11) is 0. The Hall–Kier alpha value is -1.95. The molecule has 0 spiro atoms. The molecule has 5 N–H and O–H groups in total. The molecule has 0 unspecified atom stereocenters. The third-order valence-electron chi connectivity index (χ3n) is 2.37. The first-order valence-electron chi connectivity index (χ1n) is 5.64. The Bertz CT molecular complexity index is 449. The largest absolute Gasteiger partial charge is 0.366 e. The van der Waals surface area contributed by atoms with E-state index >= 15 is 0 Å². The van der Waals surface area contributed by atoms with Crippen molar-refractivity contribution < 1.29 is 14.0 Å². The minimum atomic E-state index is -0.869. The van der Waals surface area contributed by atoms with Crippen LogP contribution in [-0.2, 0) is 4.79 Å². The fraction of sp³-hybridized carbons (Fsp3) is 0.333. The molecular weight excluding hydrogens is 237 g/mol. The second kappa shape index (κ2) is 6.70. The van der Waals surface area contributed by atoms with E-state index in [0.717, 1.165) is 12.5 Å². The van der Waals surface area contributed by atoms with E-state index in [1.54, 1.807) is 0 Å².